The van der Waals surface area contributed by atoms with Gasteiger partial charge in [-0.3, -0.25) is 9.59 Å². The topological polar surface area (TPSA) is 69.4 Å². The lowest BCUT2D eigenvalue weighted by atomic mass is 10.3. The number of allylic oxidation sites excluding steroid dienone is 1. The smallest absolute Gasteiger partial charge is 0.313 e. The molecule has 4 heteroatoms. The van der Waals surface area contributed by atoms with Crippen molar-refractivity contribution < 1.29 is 14.3 Å². The monoisotopic (exact) mass is 157 g/mol. The molecular formula is C7H11NO3. The van der Waals surface area contributed by atoms with E-state index in [0.29, 0.717) is 6.61 Å². The Morgan fingerprint density at radius 1 is 1.55 bits per heavy atom. The highest BCUT2D eigenvalue weighted by Crippen LogP contribution is 1.88. The largest absolute Gasteiger partial charge is 0.466 e. The molecule has 0 aliphatic carbocycles. The molecule has 62 valence electrons. The zero-order chi connectivity index (χ0) is 8.69. The van der Waals surface area contributed by atoms with Gasteiger partial charge in [0.25, 0.3) is 0 Å². The zero-order valence-electron chi connectivity index (χ0n) is 6.37. The van der Waals surface area contributed by atoms with Crippen LogP contribution in [0.2, 0.25) is 0 Å². The summed E-state index contributed by atoms with van der Waals surface area (Å²) in [6.07, 6.45) is 2.00. The number of ketones is 1. The van der Waals surface area contributed by atoms with E-state index < -0.39 is 5.97 Å². The molecule has 0 unspecified atom stereocenters. The van der Waals surface area contributed by atoms with E-state index in [0.717, 1.165) is 12.3 Å². The second-order valence-corrected chi connectivity index (χ2v) is 1.81. The van der Waals surface area contributed by atoms with E-state index in [1.165, 1.54) is 0 Å². The van der Waals surface area contributed by atoms with Crippen molar-refractivity contribution in [2.45, 2.75) is 13.3 Å². The number of ether oxygens (including phenoxy) is 1. The van der Waals surface area contributed by atoms with Crippen molar-refractivity contribution in [3.63, 3.8) is 0 Å². The minimum atomic E-state index is -0.518. The second kappa shape index (κ2) is 5.46. The highest BCUT2D eigenvalue weighted by atomic mass is 16.5. The highest BCUT2D eigenvalue weighted by Gasteiger charge is 2.05. The quantitative estimate of drug-likeness (QED) is 0.354. The Morgan fingerprint density at radius 3 is 2.64 bits per heavy atom. The minimum Gasteiger partial charge on any atom is -0.466 e. The third-order valence-corrected chi connectivity index (χ3v) is 0.906. The lowest BCUT2D eigenvalue weighted by molar-refractivity contribution is -0.144. The summed E-state index contributed by atoms with van der Waals surface area (Å²) >= 11 is 0. The predicted octanol–water partition coefficient (Wildman–Crippen LogP) is -0.0189. The third-order valence-electron chi connectivity index (χ3n) is 0.906. The van der Waals surface area contributed by atoms with Crippen molar-refractivity contribution in [2.75, 3.05) is 6.61 Å². The van der Waals surface area contributed by atoms with E-state index >= 15 is 0 Å². The first kappa shape index (κ1) is 9.68. The average Bonchev–Trinajstić information content (AvgIpc) is 1.87. The number of hydrogen-bond acceptors (Lipinski definition) is 4. The molecule has 0 radical (unpaired) electrons. The van der Waals surface area contributed by atoms with Crippen LogP contribution >= 0.6 is 0 Å². The van der Waals surface area contributed by atoms with Crippen LogP contribution in [0.4, 0.5) is 0 Å². The zero-order valence-corrected chi connectivity index (χ0v) is 6.37. The molecule has 0 spiro atoms. The van der Waals surface area contributed by atoms with Crippen molar-refractivity contribution in [3.05, 3.63) is 12.3 Å². The number of carbonyl (C=O) groups is 2. The predicted molar refractivity (Wildman–Crippen MR) is 39.6 cm³/mol. The number of carbonyl (C=O) groups excluding carboxylic acids is 2. The van der Waals surface area contributed by atoms with Crippen LogP contribution in [0.3, 0.4) is 0 Å². The molecule has 0 rings (SSSR count). The maximum atomic E-state index is 10.7. The fourth-order valence-electron chi connectivity index (χ4n) is 0.521. The molecule has 0 fully saturated rings. The molecule has 0 aromatic rings. The average molecular weight is 157 g/mol. The van der Waals surface area contributed by atoms with Gasteiger partial charge >= 0.3 is 5.97 Å². The number of nitrogens with two attached hydrogens (primary N) is 1. The van der Waals surface area contributed by atoms with Crippen LogP contribution in [0.5, 0.6) is 0 Å². The van der Waals surface area contributed by atoms with Gasteiger partial charge in [-0.2, -0.15) is 0 Å². The summed E-state index contributed by atoms with van der Waals surface area (Å²) in [6.45, 7) is 1.97. The van der Waals surface area contributed by atoms with Crippen molar-refractivity contribution in [1.29, 1.82) is 0 Å². The Bertz CT molecular complexity index is 175. The van der Waals surface area contributed by atoms with Crippen LogP contribution in [0.25, 0.3) is 0 Å². The van der Waals surface area contributed by atoms with Gasteiger partial charge in [-0.15, -0.1) is 0 Å². The maximum Gasteiger partial charge on any atom is 0.313 e. The van der Waals surface area contributed by atoms with E-state index in [4.69, 9.17) is 5.73 Å². The second-order valence-electron chi connectivity index (χ2n) is 1.81. The molecule has 0 aromatic carbocycles. The Hall–Kier alpha value is -1.32. The van der Waals surface area contributed by atoms with Crippen molar-refractivity contribution in [3.8, 4) is 0 Å². The summed E-state index contributed by atoms with van der Waals surface area (Å²) in [5.74, 6) is -0.860. The van der Waals surface area contributed by atoms with Crippen LogP contribution in [-0.2, 0) is 14.3 Å². The summed E-state index contributed by atoms with van der Waals surface area (Å²) < 4.78 is 4.52. The third kappa shape index (κ3) is 5.14. The van der Waals surface area contributed by atoms with Crippen LogP contribution in [0.15, 0.2) is 12.3 Å². The van der Waals surface area contributed by atoms with Crippen LogP contribution in [0.1, 0.15) is 13.3 Å². The molecule has 0 heterocycles. The molecule has 0 aromatic heterocycles. The van der Waals surface area contributed by atoms with E-state index in [1.54, 1.807) is 6.92 Å². The SMILES string of the molecule is CCOC(=O)CC(=O)C=CN. The van der Waals surface area contributed by atoms with E-state index in [1.807, 2.05) is 0 Å². The molecule has 0 bridgehead atoms. The van der Waals surface area contributed by atoms with Crippen molar-refractivity contribution in [1.82, 2.24) is 0 Å². The summed E-state index contributed by atoms with van der Waals surface area (Å²) in [5, 5.41) is 0. The number of hydrogen-bond donors (Lipinski definition) is 1. The highest BCUT2D eigenvalue weighted by molar-refractivity contribution is 6.01. The van der Waals surface area contributed by atoms with Crippen LogP contribution in [-0.4, -0.2) is 18.4 Å². The molecular weight excluding hydrogens is 146 g/mol. The summed E-state index contributed by atoms with van der Waals surface area (Å²) in [6, 6.07) is 0. The van der Waals surface area contributed by atoms with E-state index in [9.17, 15) is 9.59 Å². The standard InChI is InChI=1S/C7H11NO3/c1-2-11-7(10)5-6(9)3-4-8/h3-4H,2,5,8H2,1H3. The van der Waals surface area contributed by atoms with Gasteiger partial charge in [-0.05, 0) is 19.2 Å². The number of esters is 1. The Morgan fingerprint density at radius 2 is 2.18 bits per heavy atom. The number of rotatable bonds is 4. The lowest BCUT2D eigenvalue weighted by Gasteiger charge is -1.96. The van der Waals surface area contributed by atoms with Gasteiger partial charge in [0.1, 0.15) is 6.42 Å². The minimum absolute atomic E-state index is 0.235. The molecule has 0 atom stereocenters. The molecule has 0 amide bonds. The molecule has 0 saturated heterocycles. The van der Waals surface area contributed by atoms with Gasteiger partial charge in [0.15, 0.2) is 5.78 Å². The molecule has 0 aliphatic heterocycles. The van der Waals surface area contributed by atoms with Crippen molar-refractivity contribution in [2.24, 2.45) is 5.73 Å². The molecule has 0 aliphatic rings. The molecule has 2 N–H and O–H groups in total. The Balaban J connectivity index is 3.66. The Labute approximate surface area is 65.0 Å². The lowest BCUT2D eigenvalue weighted by Crippen LogP contribution is -2.09. The van der Waals surface area contributed by atoms with Gasteiger partial charge in [-0.1, -0.05) is 0 Å². The summed E-state index contributed by atoms with van der Waals surface area (Å²) in [4.78, 5) is 21.3. The fourth-order valence-corrected chi connectivity index (χ4v) is 0.521. The molecule has 4 nitrogen and oxygen atoms in total. The Kier molecular flexibility index (Phi) is 4.81. The summed E-state index contributed by atoms with van der Waals surface area (Å²) in [7, 11) is 0. The van der Waals surface area contributed by atoms with Gasteiger partial charge in [-0.25, -0.2) is 0 Å². The van der Waals surface area contributed by atoms with Crippen molar-refractivity contribution >= 4 is 11.8 Å². The first-order chi connectivity index (χ1) is 5.20. The van der Waals surface area contributed by atoms with Gasteiger partial charge in [0.2, 0.25) is 0 Å². The maximum absolute atomic E-state index is 10.7. The molecule has 11 heavy (non-hydrogen) atoms. The van der Waals surface area contributed by atoms with Crippen LogP contribution < -0.4 is 5.73 Å². The van der Waals surface area contributed by atoms with E-state index in [2.05, 4.69) is 4.74 Å². The van der Waals surface area contributed by atoms with Gasteiger partial charge in [0, 0.05) is 0 Å². The van der Waals surface area contributed by atoms with Gasteiger partial charge in [0.05, 0.1) is 6.61 Å². The first-order valence-electron chi connectivity index (χ1n) is 3.27. The van der Waals surface area contributed by atoms with E-state index in [-0.39, 0.29) is 12.2 Å². The summed E-state index contributed by atoms with van der Waals surface area (Å²) in [5.41, 5.74) is 4.93. The fraction of sp³-hybridized carbons (Fsp3) is 0.429. The van der Waals surface area contributed by atoms with Crippen LogP contribution in [0, 0.1) is 0 Å². The normalized spacial score (nSPS) is 9.91. The van der Waals surface area contributed by atoms with Gasteiger partial charge < -0.3 is 10.5 Å². The first-order valence-corrected chi connectivity index (χ1v) is 3.27. The molecule has 0 saturated carbocycles.